The van der Waals surface area contributed by atoms with Gasteiger partial charge >= 0.3 is 0 Å². The van der Waals surface area contributed by atoms with Gasteiger partial charge in [-0.2, -0.15) is 4.37 Å². The lowest BCUT2D eigenvalue weighted by Crippen LogP contribution is -2.46. The molecule has 5 nitrogen and oxygen atoms in total. The lowest BCUT2D eigenvalue weighted by molar-refractivity contribution is 0.0421. The molecule has 1 atom stereocenters. The molecule has 0 aromatic carbocycles. The summed E-state index contributed by atoms with van der Waals surface area (Å²) in [7, 11) is 1.95. The molecule has 1 aromatic heterocycles. The zero-order valence-corrected chi connectivity index (χ0v) is 10.6. The van der Waals surface area contributed by atoms with E-state index in [4.69, 9.17) is 4.74 Å². The molecule has 1 N–H and O–H groups in total. The Kier molecular flexibility index (Phi) is 4.09. The smallest absolute Gasteiger partial charge is 0.205 e. The first-order valence-electron chi connectivity index (χ1n) is 5.67. The lowest BCUT2D eigenvalue weighted by Gasteiger charge is -2.32. The number of nitrogens with zero attached hydrogens (tertiary/aromatic N) is 3. The van der Waals surface area contributed by atoms with Gasteiger partial charge in [-0.25, -0.2) is 4.98 Å². The van der Waals surface area contributed by atoms with E-state index in [0.29, 0.717) is 0 Å². The third kappa shape index (κ3) is 2.69. The minimum absolute atomic E-state index is 0.257. The molecular weight excluding hydrogens is 224 g/mol. The van der Waals surface area contributed by atoms with Gasteiger partial charge in [0.15, 0.2) is 0 Å². The van der Waals surface area contributed by atoms with Crippen molar-refractivity contribution in [2.24, 2.45) is 0 Å². The fraction of sp³-hybridized carbons (Fsp3) is 0.800. The molecule has 1 saturated heterocycles. The average molecular weight is 242 g/mol. The van der Waals surface area contributed by atoms with E-state index in [1.54, 1.807) is 0 Å². The Morgan fingerprint density at radius 2 is 2.50 bits per heavy atom. The number of ether oxygens (including phenoxy) is 1. The van der Waals surface area contributed by atoms with Gasteiger partial charge in [0.05, 0.1) is 12.7 Å². The molecule has 0 bridgehead atoms. The molecule has 0 radical (unpaired) electrons. The van der Waals surface area contributed by atoms with Gasteiger partial charge in [-0.3, -0.25) is 0 Å². The van der Waals surface area contributed by atoms with Crippen LogP contribution in [0.1, 0.15) is 12.7 Å². The molecule has 2 heterocycles. The molecule has 0 amide bonds. The molecular formula is C10H18N4OS. The first-order valence-corrected chi connectivity index (χ1v) is 6.44. The Balaban J connectivity index is 1.98. The summed E-state index contributed by atoms with van der Waals surface area (Å²) < 4.78 is 9.97. The summed E-state index contributed by atoms with van der Waals surface area (Å²) in [5.41, 5.74) is 0. The molecule has 1 aliphatic rings. The maximum Gasteiger partial charge on any atom is 0.205 e. The van der Waals surface area contributed by atoms with Crippen molar-refractivity contribution in [3.8, 4) is 0 Å². The van der Waals surface area contributed by atoms with E-state index < -0.39 is 0 Å². The number of hydrogen-bond donors (Lipinski definition) is 1. The minimum atomic E-state index is 0.257. The normalized spacial score (nSPS) is 21.4. The average Bonchev–Trinajstić information content (AvgIpc) is 2.78. The van der Waals surface area contributed by atoms with E-state index in [1.165, 1.54) is 11.5 Å². The lowest BCUT2D eigenvalue weighted by atomic mass is 10.3. The fourth-order valence-corrected chi connectivity index (χ4v) is 2.55. The van der Waals surface area contributed by atoms with Crippen LogP contribution in [0.2, 0.25) is 0 Å². The van der Waals surface area contributed by atoms with Gasteiger partial charge in [0.25, 0.3) is 0 Å². The van der Waals surface area contributed by atoms with Crippen LogP contribution in [0.3, 0.4) is 0 Å². The first-order chi connectivity index (χ1) is 7.83. The molecule has 16 heavy (non-hydrogen) atoms. The van der Waals surface area contributed by atoms with Crippen LogP contribution < -0.4 is 10.2 Å². The third-order valence-corrected chi connectivity index (χ3v) is 3.43. The van der Waals surface area contributed by atoms with Crippen molar-refractivity contribution in [1.29, 1.82) is 0 Å². The monoisotopic (exact) mass is 242 g/mol. The second kappa shape index (κ2) is 5.56. The highest BCUT2D eigenvalue weighted by molar-refractivity contribution is 7.09. The topological polar surface area (TPSA) is 50.3 Å². The van der Waals surface area contributed by atoms with Crippen LogP contribution >= 0.6 is 11.5 Å². The van der Waals surface area contributed by atoms with Crippen LogP contribution in [0.15, 0.2) is 0 Å². The second-order valence-corrected chi connectivity index (χ2v) is 4.57. The van der Waals surface area contributed by atoms with Crippen molar-refractivity contribution >= 4 is 16.7 Å². The number of anilines is 1. The molecule has 1 aliphatic heterocycles. The summed E-state index contributed by atoms with van der Waals surface area (Å²) in [5, 5.41) is 4.17. The van der Waals surface area contributed by atoms with E-state index in [1.807, 2.05) is 7.05 Å². The van der Waals surface area contributed by atoms with Gasteiger partial charge in [0, 0.05) is 37.6 Å². The van der Waals surface area contributed by atoms with Crippen LogP contribution in [0, 0.1) is 0 Å². The van der Waals surface area contributed by atoms with E-state index >= 15 is 0 Å². The second-order valence-electron chi connectivity index (χ2n) is 3.84. The number of morpholine rings is 1. The molecule has 0 aliphatic carbocycles. The minimum Gasteiger partial charge on any atom is -0.373 e. The predicted molar refractivity (Wildman–Crippen MR) is 65.2 cm³/mol. The van der Waals surface area contributed by atoms with Crippen LogP contribution in [0.4, 0.5) is 5.13 Å². The summed E-state index contributed by atoms with van der Waals surface area (Å²) in [4.78, 5) is 6.77. The van der Waals surface area contributed by atoms with E-state index in [-0.39, 0.29) is 6.10 Å². The van der Waals surface area contributed by atoms with Gasteiger partial charge in [-0.15, -0.1) is 0 Å². The van der Waals surface area contributed by atoms with E-state index in [0.717, 1.165) is 43.6 Å². The molecule has 6 heteroatoms. The number of rotatable bonds is 4. The van der Waals surface area contributed by atoms with Crippen molar-refractivity contribution in [2.75, 3.05) is 38.2 Å². The molecule has 1 aromatic rings. The van der Waals surface area contributed by atoms with Crippen molar-refractivity contribution in [3.05, 3.63) is 5.82 Å². The van der Waals surface area contributed by atoms with Crippen molar-refractivity contribution in [2.45, 2.75) is 19.4 Å². The molecule has 2 rings (SSSR count). The maximum atomic E-state index is 5.66. The molecule has 0 spiro atoms. The Morgan fingerprint density at radius 1 is 1.62 bits per heavy atom. The number of hydrogen-bond acceptors (Lipinski definition) is 6. The van der Waals surface area contributed by atoms with Gasteiger partial charge < -0.3 is 15.0 Å². The quantitative estimate of drug-likeness (QED) is 0.834. The highest BCUT2D eigenvalue weighted by Gasteiger charge is 2.22. The Bertz CT molecular complexity index is 328. The summed E-state index contributed by atoms with van der Waals surface area (Å²) in [6.45, 7) is 5.55. The Labute approximate surface area is 100.0 Å². The predicted octanol–water partition coefficient (Wildman–Crippen LogP) is 0.525. The first kappa shape index (κ1) is 11.8. The standard InChI is InChI=1S/C10H18N4OS/c1-3-9-12-10(16-13-9)14-4-5-15-8(7-14)6-11-2/h8,11H,3-7H2,1-2H3. The summed E-state index contributed by atoms with van der Waals surface area (Å²) in [5.74, 6) is 0.941. The number of aryl methyl sites for hydroxylation is 1. The highest BCUT2D eigenvalue weighted by Crippen LogP contribution is 2.20. The highest BCUT2D eigenvalue weighted by atomic mass is 32.1. The molecule has 1 unspecified atom stereocenters. The largest absolute Gasteiger partial charge is 0.373 e. The van der Waals surface area contributed by atoms with Crippen molar-refractivity contribution in [1.82, 2.24) is 14.7 Å². The number of nitrogens with one attached hydrogen (secondary N) is 1. The number of aromatic nitrogens is 2. The summed E-state index contributed by atoms with van der Waals surface area (Å²) in [6, 6.07) is 0. The van der Waals surface area contributed by atoms with Crippen LogP contribution in [0.5, 0.6) is 0 Å². The van der Waals surface area contributed by atoms with Gasteiger partial charge in [-0.1, -0.05) is 6.92 Å². The molecule has 1 fully saturated rings. The van der Waals surface area contributed by atoms with Gasteiger partial charge in [-0.05, 0) is 7.05 Å². The van der Waals surface area contributed by atoms with E-state index in [2.05, 4.69) is 26.5 Å². The Hall–Kier alpha value is -0.720. The summed E-state index contributed by atoms with van der Waals surface area (Å²) in [6.07, 6.45) is 1.16. The SMILES string of the molecule is CCc1nsc(N2CCOC(CNC)C2)n1. The van der Waals surface area contributed by atoms with Crippen molar-refractivity contribution in [3.63, 3.8) is 0 Å². The maximum absolute atomic E-state index is 5.66. The summed E-state index contributed by atoms with van der Waals surface area (Å²) >= 11 is 1.49. The van der Waals surface area contributed by atoms with Crippen LogP contribution in [-0.4, -0.2) is 48.8 Å². The van der Waals surface area contributed by atoms with Crippen molar-refractivity contribution < 1.29 is 4.74 Å². The van der Waals surface area contributed by atoms with Crippen LogP contribution in [-0.2, 0) is 11.2 Å². The fourth-order valence-electron chi connectivity index (χ4n) is 1.76. The van der Waals surface area contributed by atoms with Gasteiger partial charge in [0.1, 0.15) is 5.82 Å². The Morgan fingerprint density at radius 3 is 3.19 bits per heavy atom. The molecule has 0 saturated carbocycles. The zero-order valence-electron chi connectivity index (χ0n) is 9.77. The third-order valence-electron chi connectivity index (χ3n) is 2.61. The van der Waals surface area contributed by atoms with Gasteiger partial charge in [0.2, 0.25) is 5.13 Å². The van der Waals surface area contributed by atoms with Crippen LogP contribution in [0.25, 0.3) is 0 Å². The molecule has 90 valence electrons. The number of likely N-dealkylation sites (N-methyl/N-ethyl adjacent to an activating group) is 1. The van der Waals surface area contributed by atoms with E-state index in [9.17, 15) is 0 Å². The zero-order chi connectivity index (χ0) is 11.4.